The summed E-state index contributed by atoms with van der Waals surface area (Å²) in [5.74, 6) is 0. The molecule has 3 heteroatoms. The Bertz CT molecular complexity index is 452. The Labute approximate surface area is 129 Å². The van der Waals surface area contributed by atoms with Gasteiger partial charge in [0.05, 0.1) is 0 Å². The molecular weight excluding hydrogens is 258 g/mol. The monoisotopic (exact) mass is 287 g/mol. The number of hydrogen-bond donors (Lipinski definition) is 1. The van der Waals surface area contributed by atoms with Gasteiger partial charge in [-0.15, -0.1) is 0 Å². The molecule has 0 radical (unpaired) electrons. The van der Waals surface area contributed by atoms with Crippen LogP contribution in [0.3, 0.4) is 0 Å². The van der Waals surface area contributed by atoms with E-state index in [1.807, 2.05) is 12.1 Å². The molecule has 1 unspecified atom stereocenters. The molecule has 2 fully saturated rings. The van der Waals surface area contributed by atoms with E-state index < -0.39 is 0 Å². The van der Waals surface area contributed by atoms with E-state index in [1.165, 1.54) is 64.0 Å². The number of likely N-dealkylation sites (tertiary alicyclic amines) is 2. The van der Waals surface area contributed by atoms with E-state index in [4.69, 9.17) is 5.73 Å². The summed E-state index contributed by atoms with van der Waals surface area (Å²) in [6, 6.07) is 8.37. The van der Waals surface area contributed by atoms with Crippen molar-refractivity contribution in [1.29, 1.82) is 0 Å². The summed E-state index contributed by atoms with van der Waals surface area (Å²) < 4.78 is 0. The van der Waals surface area contributed by atoms with Crippen LogP contribution in [0.25, 0.3) is 0 Å². The van der Waals surface area contributed by atoms with Crippen LogP contribution in [0.15, 0.2) is 24.3 Å². The first kappa shape index (κ1) is 14.9. The predicted molar refractivity (Wildman–Crippen MR) is 89.4 cm³/mol. The van der Waals surface area contributed by atoms with Crippen molar-refractivity contribution < 1.29 is 0 Å². The number of nitrogen functional groups attached to an aromatic ring is 1. The molecule has 2 aliphatic rings. The molecule has 2 saturated heterocycles. The maximum Gasteiger partial charge on any atom is 0.0314 e. The van der Waals surface area contributed by atoms with Crippen LogP contribution >= 0.6 is 0 Å². The van der Waals surface area contributed by atoms with Crippen LogP contribution in [0.5, 0.6) is 0 Å². The summed E-state index contributed by atoms with van der Waals surface area (Å²) in [6.07, 6.45) is 6.75. The zero-order valence-electron chi connectivity index (χ0n) is 13.4. The summed E-state index contributed by atoms with van der Waals surface area (Å²) in [4.78, 5) is 5.23. The van der Waals surface area contributed by atoms with Crippen LogP contribution in [0.4, 0.5) is 5.69 Å². The molecule has 0 bridgehead atoms. The van der Waals surface area contributed by atoms with Crippen molar-refractivity contribution in [1.82, 2.24) is 9.80 Å². The number of benzene rings is 1. The normalized spacial score (nSPS) is 28.0. The highest BCUT2D eigenvalue weighted by atomic mass is 15.2. The highest BCUT2D eigenvalue weighted by Gasteiger charge is 2.37. The SMILES string of the molecule is CN1CCCC2(CCCN(CCc3ccc(N)cc3)C2)C1. The number of rotatable bonds is 3. The van der Waals surface area contributed by atoms with Crippen LogP contribution in [-0.4, -0.2) is 49.6 Å². The van der Waals surface area contributed by atoms with Crippen molar-refractivity contribution in [3.8, 4) is 0 Å². The van der Waals surface area contributed by atoms with Gasteiger partial charge in [0.15, 0.2) is 0 Å². The minimum Gasteiger partial charge on any atom is -0.399 e. The maximum absolute atomic E-state index is 5.76. The Balaban J connectivity index is 1.55. The Morgan fingerprint density at radius 3 is 2.48 bits per heavy atom. The van der Waals surface area contributed by atoms with Crippen LogP contribution in [0.2, 0.25) is 0 Å². The fraction of sp³-hybridized carbons (Fsp3) is 0.667. The van der Waals surface area contributed by atoms with Gasteiger partial charge in [0.1, 0.15) is 0 Å². The summed E-state index contributed by atoms with van der Waals surface area (Å²) in [7, 11) is 2.29. The van der Waals surface area contributed by atoms with Crippen LogP contribution < -0.4 is 5.73 Å². The van der Waals surface area contributed by atoms with E-state index >= 15 is 0 Å². The molecule has 1 atom stereocenters. The minimum atomic E-state index is 0.576. The van der Waals surface area contributed by atoms with E-state index in [2.05, 4.69) is 29.0 Å². The van der Waals surface area contributed by atoms with Gasteiger partial charge in [-0.1, -0.05) is 12.1 Å². The van der Waals surface area contributed by atoms with Crippen LogP contribution in [-0.2, 0) is 6.42 Å². The third-order valence-corrected chi connectivity index (χ3v) is 5.29. The van der Waals surface area contributed by atoms with E-state index in [0.29, 0.717) is 5.41 Å². The van der Waals surface area contributed by atoms with Gasteiger partial charge in [-0.25, -0.2) is 0 Å². The van der Waals surface area contributed by atoms with Crippen molar-refractivity contribution in [2.45, 2.75) is 32.1 Å². The quantitative estimate of drug-likeness (QED) is 0.868. The summed E-state index contributed by atoms with van der Waals surface area (Å²) in [5.41, 5.74) is 8.60. The number of nitrogens with two attached hydrogens (primary N) is 1. The molecule has 1 spiro atoms. The largest absolute Gasteiger partial charge is 0.399 e. The second-order valence-electron chi connectivity index (χ2n) is 7.21. The van der Waals surface area contributed by atoms with Gasteiger partial charge in [-0.05, 0) is 75.4 Å². The molecule has 3 nitrogen and oxygen atoms in total. The molecule has 2 N–H and O–H groups in total. The summed E-state index contributed by atoms with van der Waals surface area (Å²) >= 11 is 0. The van der Waals surface area contributed by atoms with E-state index in [-0.39, 0.29) is 0 Å². The van der Waals surface area contributed by atoms with E-state index in [0.717, 1.165) is 12.1 Å². The Morgan fingerprint density at radius 2 is 1.76 bits per heavy atom. The fourth-order valence-electron chi connectivity index (χ4n) is 4.26. The summed E-state index contributed by atoms with van der Waals surface area (Å²) in [6.45, 7) is 6.35. The second kappa shape index (κ2) is 6.37. The van der Waals surface area contributed by atoms with Crippen LogP contribution in [0, 0.1) is 5.41 Å². The van der Waals surface area contributed by atoms with Gasteiger partial charge in [0.2, 0.25) is 0 Å². The third kappa shape index (κ3) is 3.78. The standard InChI is InChI=1S/C18H29N3/c1-20-11-2-9-18(14-20)10-3-12-21(15-18)13-8-16-4-6-17(19)7-5-16/h4-7H,2-3,8-15,19H2,1H3. The number of hydrogen-bond acceptors (Lipinski definition) is 3. The molecule has 2 aliphatic heterocycles. The molecule has 116 valence electrons. The zero-order chi connectivity index (χ0) is 14.7. The van der Waals surface area contributed by atoms with Gasteiger partial charge >= 0.3 is 0 Å². The van der Waals surface area contributed by atoms with E-state index in [1.54, 1.807) is 0 Å². The predicted octanol–water partition coefficient (Wildman–Crippen LogP) is 2.62. The van der Waals surface area contributed by atoms with Gasteiger partial charge < -0.3 is 15.5 Å². The van der Waals surface area contributed by atoms with Crippen molar-refractivity contribution in [3.63, 3.8) is 0 Å². The molecule has 0 amide bonds. The van der Waals surface area contributed by atoms with Crippen molar-refractivity contribution in [2.24, 2.45) is 5.41 Å². The highest BCUT2D eigenvalue weighted by Crippen LogP contribution is 2.37. The lowest BCUT2D eigenvalue weighted by Gasteiger charge is -2.48. The molecule has 3 rings (SSSR count). The fourth-order valence-corrected chi connectivity index (χ4v) is 4.26. The molecule has 1 aromatic carbocycles. The van der Waals surface area contributed by atoms with Crippen LogP contribution in [0.1, 0.15) is 31.2 Å². The Morgan fingerprint density at radius 1 is 1.05 bits per heavy atom. The topological polar surface area (TPSA) is 32.5 Å². The average Bonchev–Trinajstić information content (AvgIpc) is 2.47. The molecular formula is C18H29N3. The average molecular weight is 287 g/mol. The molecule has 0 aromatic heterocycles. The molecule has 0 aliphatic carbocycles. The Kier molecular flexibility index (Phi) is 4.51. The van der Waals surface area contributed by atoms with Crippen molar-refractivity contribution in [3.05, 3.63) is 29.8 Å². The first-order chi connectivity index (χ1) is 10.2. The molecule has 1 aromatic rings. The van der Waals surface area contributed by atoms with E-state index in [9.17, 15) is 0 Å². The number of nitrogens with zero attached hydrogens (tertiary/aromatic N) is 2. The number of piperidine rings is 2. The first-order valence-electron chi connectivity index (χ1n) is 8.41. The highest BCUT2D eigenvalue weighted by molar-refractivity contribution is 5.39. The maximum atomic E-state index is 5.76. The lowest BCUT2D eigenvalue weighted by molar-refractivity contribution is 0.0235. The second-order valence-corrected chi connectivity index (χ2v) is 7.21. The van der Waals surface area contributed by atoms with Gasteiger partial charge in [-0.2, -0.15) is 0 Å². The Hall–Kier alpha value is -1.06. The molecule has 2 heterocycles. The zero-order valence-corrected chi connectivity index (χ0v) is 13.4. The van der Waals surface area contributed by atoms with Gasteiger partial charge in [0, 0.05) is 25.3 Å². The van der Waals surface area contributed by atoms with Gasteiger partial charge in [-0.3, -0.25) is 0 Å². The smallest absolute Gasteiger partial charge is 0.0314 e. The lowest BCUT2D eigenvalue weighted by atomic mass is 9.74. The van der Waals surface area contributed by atoms with Crippen molar-refractivity contribution in [2.75, 3.05) is 45.5 Å². The molecule has 0 saturated carbocycles. The minimum absolute atomic E-state index is 0.576. The van der Waals surface area contributed by atoms with Gasteiger partial charge in [0.25, 0.3) is 0 Å². The molecule has 21 heavy (non-hydrogen) atoms. The summed E-state index contributed by atoms with van der Waals surface area (Å²) in [5, 5.41) is 0. The number of anilines is 1. The first-order valence-corrected chi connectivity index (χ1v) is 8.41. The lowest BCUT2D eigenvalue weighted by Crippen LogP contribution is -2.51. The van der Waals surface area contributed by atoms with Crippen molar-refractivity contribution >= 4 is 5.69 Å². The third-order valence-electron chi connectivity index (χ3n) is 5.29.